The number of benzene rings is 7. The molecule has 0 fully saturated rings. The molecule has 0 unspecified atom stereocenters. The monoisotopic (exact) mass is 635 g/mol. The molecule has 0 spiro atoms. The van der Waals surface area contributed by atoms with Crippen molar-refractivity contribution in [2.24, 2.45) is 15.7 Å². The zero-order valence-corrected chi connectivity index (χ0v) is 26.7. The Balaban J connectivity index is 1.27. The molecule has 228 valence electrons. The predicted molar refractivity (Wildman–Crippen MR) is 203 cm³/mol. The van der Waals surface area contributed by atoms with Gasteiger partial charge in [0.2, 0.25) is 0 Å². The van der Waals surface area contributed by atoms with Gasteiger partial charge in [0.05, 0.1) is 6.54 Å². The van der Waals surface area contributed by atoms with E-state index in [0.717, 1.165) is 60.5 Å². The first-order valence-corrected chi connectivity index (χ1v) is 16.8. The summed E-state index contributed by atoms with van der Waals surface area (Å²) in [4.78, 5) is 10.4. The molecule has 0 saturated carbocycles. The summed E-state index contributed by atoms with van der Waals surface area (Å²) in [5, 5.41) is 6.88. The minimum absolute atomic E-state index is 0.408. The van der Waals surface area contributed by atoms with Crippen molar-refractivity contribution >= 4 is 75.9 Å². The first-order valence-electron chi connectivity index (χ1n) is 16.0. The molecule has 4 nitrogen and oxygen atoms in total. The third kappa shape index (κ3) is 4.84. The lowest BCUT2D eigenvalue weighted by molar-refractivity contribution is 0.669. The van der Waals surface area contributed by atoms with Crippen LogP contribution in [0.4, 0.5) is 0 Å². The van der Waals surface area contributed by atoms with Crippen LogP contribution < -0.4 is 5.73 Å². The van der Waals surface area contributed by atoms with Gasteiger partial charge in [-0.1, -0.05) is 115 Å². The molecule has 48 heavy (non-hydrogen) atoms. The second kappa shape index (κ2) is 11.6. The van der Waals surface area contributed by atoms with Crippen molar-refractivity contribution in [2.75, 3.05) is 0 Å². The van der Waals surface area contributed by atoms with Crippen molar-refractivity contribution in [3.05, 3.63) is 168 Å². The number of nitrogens with two attached hydrogens (primary N) is 1. The molecule has 0 amide bonds. The highest BCUT2D eigenvalue weighted by Crippen LogP contribution is 2.40. The van der Waals surface area contributed by atoms with E-state index < -0.39 is 0 Å². The Hall–Kier alpha value is -6.04. The minimum atomic E-state index is 0.408. The number of hydrogen-bond donors (Lipinski definition) is 1. The summed E-state index contributed by atoms with van der Waals surface area (Å²) < 4.78 is 8.72. The average molecular weight is 636 g/mol. The van der Waals surface area contributed by atoms with Crippen molar-refractivity contribution in [1.29, 1.82) is 0 Å². The van der Waals surface area contributed by atoms with Gasteiger partial charge in [0.1, 0.15) is 17.0 Å². The number of amidine groups is 2. The highest BCUT2D eigenvalue weighted by Gasteiger charge is 2.18. The molecule has 2 aromatic heterocycles. The lowest BCUT2D eigenvalue weighted by Crippen LogP contribution is -2.16. The maximum atomic E-state index is 6.69. The van der Waals surface area contributed by atoms with Crippen LogP contribution in [0.3, 0.4) is 0 Å². The first kappa shape index (κ1) is 28.2. The van der Waals surface area contributed by atoms with Crippen LogP contribution in [-0.4, -0.2) is 11.7 Å². The summed E-state index contributed by atoms with van der Waals surface area (Å²) >= 11 is 1.78. The third-order valence-electron chi connectivity index (χ3n) is 9.00. The molecule has 2 heterocycles. The smallest absolute Gasteiger partial charge is 0.158 e. The first-order chi connectivity index (χ1) is 23.7. The van der Waals surface area contributed by atoms with Gasteiger partial charge < -0.3 is 10.2 Å². The summed E-state index contributed by atoms with van der Waals surface area (Å²) in [6.45, 7) is 0.408. The number of rotatable bonds is 5. The second-order valence-electron chi connectivity index (χ2n) is 11.9. The van der Waals surface area contributed by atoms with Crippen LogP contribution in [0.5, 0.6) is 0 Å². The van der Waals surface area contributed by atoms with Gasteiger partial charge in [-0.05, 0) is 63.9 Å². The maximum absolute atomic E-state index is 6.69. The van der Waals surface area contributed by atoms with Crippen molar-refractivity contribution in [2.45, 2.75) is 6.54 Å². The molecule has 0 aliphatic heterocycles. The van der Waals surface area contributed by atoms with Gasteiger partial charge in [0, 0.05) is 42.1 Å². The maximum Gasteiger partial charge on any atom is 0.158 e. The molecule has 9 rings (SSSR count). The summed E-state index contributed by atoms with van der Waals surface area (Å²) in [6, 6.07) is 52.4. The van der Waals surface area contributed by atoms with Crippen LogP contribution in [0.25, 0.3) is 64.0 Å². The summed E-state index contributed by atoms with van der Waals surface area (Å²) in [5.74, 6) is 1.04. The van der Waals surface area contributed by atoms with Crippen LogP contribution in [0.1, 0.15) is 16.7 Å². The molecule has 2 N–H and O–H groups in total. The van der Waals surface area contributed by atoms with Gasteiger partial charge in [-0.3, -0.25) is 4.99 Å². The molecule has 9 aromatic rings. The van der Waals surface area contributed by atoms with Crippen LogP contribution >= 0.6 is 11.3 Å². The topological polar surface area (TPSA) is 63.9 Å². The Morgan fingerprint density at radius 3 is 2.15 bits per heavy atom. The molecule has 5 heteroatoms. The van der Waals surface area contributed by atoms with E-state index in [1.807, 2.05) is 48.5 Å². The molecule has 0 aliphatic carbocycles. The standard InChI is InChI=1S/C43H29N3OS/c44-42(27-12-2-1-3-13-27)46-43(34-19-11-23-39-41(34)33-17-7-9-22-38(33)48-39)45-26-30-24-28-14-4-5-15-29(28)25-35(30)31-18-10-21-37-40(31)32-16-6-8-20-36(32)47-37/h1-25H,26H2,(H2,44,45,46). The van der Waals surface area contributed by atoms with E-state index in [2.05, 4.69) is 103 Å². The van der Waals surface area contributed by atoms with Gasteiger partial charge in [0.15, 0.2) is 5.84 Å². The fourth-order valence-electron chi connectivity index (χ4n) is 6.76. The number of aliphatic imine (C=N–C) groups is 2. The number of thiophene rings is 1. The van der Waals surface area contributed by atoms with Crippen LogP contribution in [0.15, 0.2) is 166 Å². The zero-order valence-electron chi connectivity index (χ0n) is 25.9. The molecule has 7 aromatic carbocycles. The highest BCUT2D eigenvalue weighted by molar-refractivity contribution is 7.25. The van der Waals surface area contributed by atoms with Crippen molar-refractivity contribution < 1.29 is 4.42 Å². The quantitative estimate of drug-likeness (QED) is 0.151. The zero-order chi connectivity index (χ0) is 32.0. The Morgan fingerprint density at radius 1 is 0.583 bits per heavy atom. The van der Waals surface area contributed by atoms with E-state index in [1.54, 1.807) is 11.3 Å². The SMILES string of the molecule is NC(=NC(=NCc1cc2ccccc2cc1-c1cccc2oc3ccccc3c12)c1cccc2sc3ccccc3c12)c1ccccc1. The number of nitrogens with zero attached hydrogens (tertiary/aromatic N) is 2. The van der Waals surface area contributed by atoms with Crippen LogP contribution in [0, 0.1) is 0 Å². The Kier molecular flexibility index (Phi) is 6.84. The van der Waals surface area contributed by atoms with Gasteiger partial charge in [-0.25, -0.2) is 4.99 Å². The van der Waals surface area contributed by atoms with Gasteiger partial charge in [0.25, 0.3) is 0 Å². The number of hydrogen-bond acceptors (Lipinski definition) is 3. The Morgan fingerprint density at radius 2 is 1.27 bits per heavy atom. The van der Waals surface area contributed by atoms with Crippen molar-refractivity contribution in [1.82, 2.24) is 0 Å². The van der Waals surface area contributed by atoms with E-state index >= 15 is 0 Å². The summed E-state index contributed by atoms with van der Waals surface area (Å²) in [5.41, 5.74) is 13.6. The van der Waals surface area contributed by atoms with E-state index in [1.165, 1.54) is 20.2 Å². The molecular formula is C43H29N3OS. The van der Waals surface area contributed by atoms with Crippen LogP contribution in [0.2, 0.25) is 0 Å². The molecule has 0 radical (unpaired) electrons. The minimum Gasteiger partial charge on any atom is -0.456 e. The fourth-order valence-corrected chi connectivity index (χ4v) is 7.89. The molecular weight excluding hydrogens is 607 g/mol. The third-order valence-corrected chi connectivity index (χ3v) is 10.1. The van der Waals surface area contributed by atoms with Gasteiger partial charge in [-0.15, -0.1) is 11.3 Å². The normalized spacial score (nSPS) is 12.6. The van der Waals surface area contributed by atoms with E-state index in [4.69, 9.17) is 20.1 Å². The molecule has 0 saturated heterocycles. The average Bonchev–Trinajstić information content (AvgIpc) is 3.72. The molecule has 0 atom stereocenters. The Labute approximate surface area is 281 Å². The largest absolute Gasteiger partial charge is 0.456 e. The number of furan rings is 1. The van der Waals surface area contributed by atoms with E-state index in [-0.39, 0.29) is 0 Å². The molecule has 0 aliphatic rings. The van der Waals surface area contributed by atoms with Crippen molar-refractivity contribution in [3.8, 4) is 11.1 Å². The van der Waals surface area contributed by atoms with Gasteiger partial charge >= 0.3 is 0 Å². The second-order valence-corrected chi connectivity index (χ2v) is 13.0. The highest BCUT2D eigenvalue weighted by atomic mass is 32.1. The fraction of sp³-hybridized carbons (Fsp3) is 0.0233. The Bertz CT molecular complexity index is 2720. The van der Waals surface area contributed by atoms with Crippen LogP contribution in [-0.2, 0) is 6.54 Å². The lowest BCUT2D eigenvalue weighted by atomic mass is 9.92. The summed E-state index contributed by atoms with van der Waals surface area (Å²) in [6.07, 6.45) is 0. The van der Waals surface area contributed by atoms with Crippen molar-refractivity contribution in [3.63, 3.8) is 0 Å². The predicted octanol–water partition coefficient (Wildman–Crippen LogP) is 11.1. The lowest BCUT2D eigenvalue weighted by Gasteiger charge is -2.13. The van der Waals surface area contributed by atoms with E-state index in [0.29, 0.717) is 18.2 Å². The van der Waals surface area contributed by atoms with Gasteiger partial charge in [-0.2, -0.15) is 0 Å². The number of fused-ring (bicyclic) bond motifs is 7. The number of para-hydroxylation sites is 1. The molecule has 0 bridgehead atoms. The summed E-state index contributed by atoms with van der Waals surface area (Å²) in [7, 11) is 0. The van der Waals surface area contributed by atoms with E-state index in [9.17, 15) is 0 Å².